The lowest BCUT2D eigenvalue weighted by Crippen LogP contribution is -2.33. The van der Waals surface area contributed by atoms with Crippen LogP contribution in [0.1, 0.15) is 34.6 Å². The SMILES string of the molecule is CC(C)CONC(=O)OC(C)(C)C. The van der Waals surface area contributed by atoms with Crippen LogP contribution in [-0.4, -0.2) is 18.3 Å². The third-order valence-corrected chi connectivity index (χ3v) is 0.971. The van der Waals surface area contributed by atoms with Gasteiger partial charge in [-0.05, 0) is 26.7 Å². The average Bonchev–Trinajstić information content (AvgIpc) is 1.81. The van der Waals surface area contributed by atoms with Gasteiger partial charge in [0, 0.05) is 0 Å². The molecule has 0 radical (unpaired) electrons. The van der Waals surface area contributed by atoms with Crippen LogP contribution < -0.4 is 5.48 Å². The summed E-state index contributed by atoms with van der Waals surface area (Å²) in [6.07, 6.45) is -0.548. The van der Waals surface area contributed by atoms with Gasteiger partial charge in [-0.25, -0.2) is 4.79 Å². The van der Waals surface area contributed by atoms with Crippen LogP contribution in [0.5, 0.6) is 0 Å². The molecule has 13 heavy (non-hydrogen) atoms. The number of hydroxylamine groups is 1. The Labute approximate surface area is 79.6 Å². The fourth-order valence-corrected chi connectivity index (χ4v) is 0.566. The average molecular weight is 189 g/mol. The van der Waals surface area contributed by atoms with Crippen molar-refractivity contribution in [1.82, 2.24) is 5.48 Å². The van der Waals surface area contributed by atoms with Crippen molar-refractivity contribution in [3.8, 4) is 0 Å². The molecule has 0 saturated heterocycles. The van der Waals surface area contributed by atoms with E-state index in [0.29, 0.717) is 12.5 Å². The Morgan fingerprint density at radius 2 is 1.92 bits per heavy atom. The van der Waals surface area contributed by atoms with Gasteiger partial charge in [0.15, 0.2) is 0 Å². The minimum atomic E-state index is -0.548. The first-order chi connectivity index (χ1) is 5.81. The van der Waals surface area contributed by atoms with Crippen molar-refractivity contribution in [1.29, 1.82) is 0 Å². The summed E-state index contributed by atoms with van der Waals surface area (Å²) in [6.45, 7) is 9.88. The molecule has 1 amide bonds. The summed E-state index contributed by atoms with van der Waals surface area (Å²) in [7, 11) is 0. The molecule has 0 aliphatic rings. The number of hydrogen-bond acceptors (Lipinski definition) is 3. The number of amides is 1. The molecule has 0 unspecified atom stereocenters. The Hall–Kier alpha value is -0.770. The van der Waals surface area contributed by atoms with Crippen molar-refractivity contribution in [3.63, 3.8) is 0 Å². The van der Waals surface area contributed by atoms with Crippen LogP contribution in [0.4, 0.5) is 4.79 Å². The van der Waals surface area contributed by atoms with Gasteiger partial charge in [-0.1, -0.05) is 13.8 Å². The van der Waals surface area contributed by atoms with Gasteiger partial charge in [-0.3, -0.25) is 4.84 Å². The molecule has 1 N–H and O–H groups in total. The molecule has 0 aromatic heterocycles. The monoisotopic (exact) mass is 189 g/mol. The maximum absolute atomic E-state index is 11.0. The summed E-state index contributed by atoms with van der Waals surface area (Å²) in [5.41, 5.74) is 1.73. The maximum Gasteiger partial charge on any atom is 0.431 e. The lowest BCUT2D eigenvalue weighted by atomic mass is 10.2. The fourth-order valence-electron chi connectivity index (χ4n) is 0.566. The van der Waals surface area contributed by atoms with E-state index in [-0.39, 0.29) is 0 Å². The second-order valence-corrected chi connectivity index (χ2v) is 4.31. The molecule has 0 heterocycles. The molecular formula is C9H19NO3. The van der Waals surface area contributed by atoms with E-state index in [1.165, 1.54) is 0 Å². The summed E-state index contributed by atoms with van der Waals surface area (Å²) in [6, 6.07) is 0. The molecule has 0 aromatic rings. The van der Waals surface area contributed by atoms with Crippen molar-refractivity contribution in [3.05, 3.63) is 0 Å². The van der Waals surface area contributed by atoms with Crippen LogP contribution in [0.25, 0.3) is 0 Å². The molecule has 0 aliphatic carbocycles. The van der Waals surface area contributed by atoms with Gasteiger partial charge in [0.25, 0.3) is 0 Å². The third kappa shape index (κ3) is 9.14. The summed E-state index contributed by atoms with van der Waals surface area (Å²) in [5.74, 6) is 0.384. The zero-order chi connectivity index (χ0) is 10.5. The zero-order valence-electron chi connectivity index (χ0n) is 9.01. The van der Waals surface area contributed by atoms with Crippen molar-refractivity contribution < 1.29 is 14.4 Å². The standard InChI is InChI=1S/C9H19NO3/c1-7(2)6-12-10-8(11)13-9(3,4)5/h7H,6H2,1-5H3,(H,10,11). The highest BCUT2D eigenvalue weighted by Crippen LogP contribution is 2.06. The van der Waals surface area contributed by atoms with Gasteiger partial charge in [-0.15, -0.1) is 0 Å². The molecular weight excluding hydrogens is 170 g/mol. The van der Waals surface area contributed by atoms with Gasteiger partial charge in [-0.2, -0.15) is 5.48 Å². The van der Waals surface area contributed by atoms with Gasteiger partial charge in [0.2, 0.25) is 0 Å². The molecule has 0 saturated carbocycles. The predicted molar refractivity (Wildman–Crippen MR) is 50.2 cm³/mol. The van der Waals surface area contributed by atoms with Gasteiger partial charge in [0.05, 0.1) is 6.61 Å². The molecule has 4 heteroatoms. The molecule has 0 atom stereocenters. The van der Waals surface area contributed by atoms with Gasteiger partial charge in [0.1, 0.15) is 5.60 Å². The number of rotatable bonds is 3. The molecule has 0 aromatic carbocycles. The van der Waals surface area contributed by atoms with Crippen LogP contribution in [0.3, 0.4) is 0 Å². The quantitative estimate of drug-likeness (QED) is 0.691. The van der Waals surface area contributed by atoms with E-state index in [9.17, 15) is 4.79 Å². The number of nitrogens with one attached hydrogen (secondary N) is 1. The minimum Gasteiger partial charge on any atom is -0.442 e. The van der Waals surface area contributed by atoms with Crippen LogP contribution in [0.2, 0.25) is 0 Å². The van der Waals surface area contributed by atoms with Crippen LogP contribution >= 0.6 is 0 Å². The number of hydrogen-bond donors (Lipinski definition) is 1. The molecule has 0 spiro atoms. The largest absolute Gasteiger partial charge is 0.442 e. The van der Waals surface area contributed by atoms with E-state index >= 15 is 0 Å². The predicted octanol–water partition coefficient (Wildman–Crippen LogP) is 2.10. The number of carbonyl (C=O) groups is 1. The van der Waals surface area contributed by atoms with Crippen molar-refractivity contribution >= 4 is 6.09 Å². The summed E-state index contributed by atoms with van der Waals surface area (Å²) in [4.78, 5) is 15.9. The smallest absolute Gasteiger partial charge is 0.431 e. The van der Waals surface area contributed by atoms with Crippen LogP contribution in [0.15, 0.2) is 0 Å². The van der Waals surface area contributed by atoms with E-state index in [1.54, 1.807) is 20.8 Å². The second-order valence-electron chi connectivity index (χ2n) is 4.31. The van der Waals surface area contributed by atoms with Gasteiger partial charge < -0.3 is 4.74 Å². The fraction of sp³-hybridized carbons (Fsp3) is 0.889. The highest BCUT2D eigenvalue weighted by atomic mass is 16.7. The van der Waals surface area contributed by atoms with Crippen molar-refractivity contribution in [2.24, 2.45) is 5.92 Å². The molecule has 0 aliphatic heterocycles. The number of ether oxygens (including phenoxy) is 1. The summed E-state index contributed by atoms with van der Waals surface area (Å²) < 4.78 is 4.94. The van der Waals surface area contributed by atoms with E-state index in [1.807, 2.05) is 13.8 Å². The molecule has 0 fully saturated rings. The van der Waals surface area contributed by atoms with E-state index in [2.05, 4.69) is 5.48 Å². The third-order valence-electron chi connectivity index (χ3n) is 0.971. The van der Waals surface area contributed by atoms with Crippen LogP contribution in [-0.2, 0) is 9.57 Å². The summed E-state index contributed by atoms with van der Waals surface area (Å²) in [5, 5.41) is 0. The Morgan fingerprint density at radius 1 is 1.38 bits per heavy atom. The number of carbonyl (C=O) groups excluding carboxylic acids is 1. The van der Waals surface area contributed by atoms with Gasteiger partial charge >= 0.3 is 6.09 Å². The first-order valence-corrected chi connectivity index (χ1v) is 4.42. The maximum atomic E-state index is 11.0. The van der Waals surface area contributed by atoms with Crippen LogP contribution in [0, 0.1) is 5.92 Å². The Bertz CT molecular complexity index is 161. The minimum absolute atomic E-state index is 0.384. The van der Waals surface area contributed by atoms with Crippen molar-refractivity contribution in [2.75, 3.05) is 6.61 Å². The topological polar surface area (TPSA) is 47.6 Å². The normalized spacial score (nSPS) is 11.5. The molecule has 0 bridgehead atoms. The lowest BCUT2D eigenvalue weighted by Gasteiger charge is -2.19. The molecule has 4 nitrogen and oxygen atoms in total. The highest BCUT2D eigenvalue weighted by molar-refractivity contribution is 5.66. The van der Waals surface area contributed by atoms with E-state index in [0.717, 1.165) is 0 Å². The second kappa shape index (κ2) is 5.07. The summed E-state index contributed by atoms with van der Waals surface area (Å²) >= 11 is 0. The zero-order valence-corrected chi connectivity index (χ0v) is 9.01. The first-order valence-electron chi connectivity index (χ1n) is 4.42. The lowest BCUT2D eigenvalue weighted by molar-refractivity contribution is -0.0146. The first kappa shape index (κ1) is 12.2. The Balaban J connectivity index is 3.53. The Kier molecular flexibility index (Phi) is 4.77. The van der Waals surface area contributed by atoms with E-state index in [4.69, 9.17) is 9.57 Å². The molecule has 78 valence electrons. The Morgan fingerprint density at radius 3 is 2.31 bits per heavy atom. The van der Waals surface area contributed by atoms with E-state index < -0.39 is 11.7 Å². The molecule has 0 rings (SSSR count). The van der Waals surface area contributed by atoms with Crippen molar-refractivity contribution in [2.45, 2.75) is 40.2 Å². The highest BCUT2D eigenvalue weighted by Gasteiger charge is 2.15.